The van der Waals surface area contributed by atoms with Crippen molar-refractivity contribution in [3.05, 3.63) is 12.2 Å². The minimum Gasteiger partial charge on any atom is -0.370 e. The summed E-state index contributed by atoms with van der Waals surface area (Å²) in [6.07, 6.45) is 3.89. The number of rotatable bonds is 3. The fourth-order valence-corrected chi connectivity index (χ4v) is 1.86. The third kappa shape index (κ3) is 1.44. The average molecular weight is 168 g/mol. The van der Waals surface area contributed by atoms with Crippen LogP contribution in [0.25, 0.3) is 0 Å². The number of hydrogen-bond acceptors (Lipinski definition) is 2. The van der Waals surface area contributed by atoms with Crippen LogP contribution < -0.4 is 0 Å². The molecule has 1 aliphatic carbocycles. The topological polar surface area (TPSA) is 26.3 Å². The molecule has 0 N–H and O–H groups in total. The van der Waals surface area contributed by atoms with E-state index >= 15 is 0 Å². The molecule has 68 valence electrons. The molecule has 0 heterocycles. The Hall–Kier alpha value is -0.630. The summed E-state index contributed by atoms with van der Waals surface area (Å²) in [6.45, 7) is 5.41. The summed E-state index contributed by atoms with van der Waals surface area (Å²) in [4.78, 5) is 11.7. The molecule has 1 aliphatic rings. The van der Waals surface area contributed by atoms with Crippen LogP contribution >= 0.6 is 0 Å². The van der Waals surface area contributed by atoms with E-state index in [-0.39, 0.29) is 5.78 Å². The number of methoxy groups -OCH3 is 1. The molecule has 2 nitrogen and oxygen atoms in total. The summed E-state index contributed by atoms with van der Waals surface area (Å²) in [5.74, 6) is 0.0856. The van der Waals surface area contributed by atoms with Crippen LogP contribution in [0.1, 0.15) is 32.6 Å². The Morgan fingerprint density at radius 3 is 2.25 bits per heavy atom. The second-order valence-corrected chi connectivity index (χ2v) is 3.51. The lowest BCUT2D eigenvalue weighted by molar-refractivity contribution is -0.136. The van der Waals surface area contributed by atoms with Crippen LogP contribution in [0.5, 0.6) is 0 Å². The molecule has 2 heteroatoms. The minimum absolute atomic E-state index is 0.0856. The van der Waals surface area contributed by atoms with Crippen LogP contribution in [0, 0.1) is 0 Å². The zero-order valence-electron chi connectivity index (χ0n) is 7.85. The van der Waals surface area contributed by atoms with E-state index in [2.05, 4.69) is 6.58 Å². The molecule has 1 fully saturated rings. The average Bonchev–Trinajstić information content (AvgIpc) is 2.52. The highest BCUT2D eigenvalue weighted by molar-refractivity contribution is 6.01. The van der Waals surface area contributed by atoms with Crippen molar-refractivity contribution < 1.29 is 9.53 Å². The van der Waals surface area contributed by atoms with Gasteiger partial charge in [0.05, 0.1) is 0 Å². The summed E-state index contributed by atoms with van der Waals surface area (Å²) in [7, 11) is 1.62. The van der Waals surface area contributed by atoms with Crippen molar-refractivity contribution in [2.75, 3.05) is 7.11 Å². The van der Waals surface area contributed by atoms with Crippen molar-refractivity contribution in [3.63, 3.8) is 0 Å². The molecule has 1 saturated carbocycles. The predicted octanol–water partition coefficient (Wildman–Crippen LogP) is 2.09. The van der Waals surface area contributed by atoms with Crippen LogP contribution in [0.3, 0.4) is 0 Å². The van der Waals surface area contributed by atoms with Gasteiger partial charge in [0.2, 0.25) is 0 Å². The van der Waals surface area contributed by atoms with E-state index < -0.39 is 5.60 Å². The molecule has 1 rings (SSSR count). The zero-order chi connectivity index (χ0) is 9.19. The molecule has 0 aromatic heterocycles. The monoisotopic (exact) mass is 168 g/mol. The van der Waals surface area contributed by atoms with Crippen molar-refractivity contribution in [2.24, 2.45) is 0 Å². The normalized spacial score (nSPS) is 20.8. The Labute approximate surface area is 73.6 Å². The standard InChI is InChI=1S/C10H16O2/c1-8(2)9(11)10(12-3)6-4-5-7-10/h1,4-7H2,2-3H3. The number of ketones is 1. The van der Waals surface area contributed by atoms with Gasteiger partial charge in [0, 0.05) is 7.11 Å². The van der Waals surface area contributed by atoms with Gasteiger partial charge >= 0.3 is 0 Å². The molecule has 0 atom stereocenters. The molecule has 0 aliphatic heterocycles. The number of carbonyl (C=O) groups excluding carboxylic acids is 1. The molecule has 0 radical (unpaired) electrons. The van der Waals surface area contributed by atoms with E-state index in [0.29, 0.717) is 5.57 Å². The third-order valence-corrected chi connectivity index (χ3v) is 2.60. The number of Topliss-reactive ketones (excluding diaryl/α,β-unsaturated/α-hetero) is 1. The van der Waals surface area contributed by atoms with Crippen LogP contribution in [0.2, 0.25) is 0 Å². The SMILES string of the molecule is C=C(C)C(=O)C1(OC)CCCC1. The first-order chi connectivity index (χ1) is 5.62. The second-order valence-electron chi connectivity index (χ2n) is 3.51. The molecule has 0 bridgehead atoms. The maximum Gasteiger partial charge on any atom is 0.189 e. The Morgan fingerprint density at radius 2 is 1.92 bits per heavy atom. The van der Waals surface area contributed by atoms with Crippen LogP contribution in [-0.4, -0.2) is 18.5 Å². The quantitative estimate of drug-likeness (QED) is 0.603. The summed E-state index contributed by atoms with van der Waals surface area (Å²) in [6, 6.07) is 0. The largest absolute Gasteiger partial charge is 0.370 e. The van der Waals surface area contributed by atoms with Gasteiger partial charge in [0.15, 0.2) is 5.78 Å². The van der Waals surface area contributed by atoms with Crippen LogP contribution in [-0.2, 0) is 9.53 Å². The van der Waals surface area contributed by atoms with Gasteiger partial charge in [-0.3, -0.25) is 4.79 Å². The highest BCUT2D eigenvalue weighted by Crippen LogP contribution is 2.34. The molecular weight excluding hydrogens is 152 g/mol. The Bertz CT molecular complexity index is 200. The van der Waals surface area contributed by atoms with Crippen LogP contribution in [0.4, 0.5) is 0 Å². The second kappa shape index (κ2) is 3.40. The first-order valence-electron chi connectivity index (χ1n) is 4.38. The van der Waals surface area contributed by atoms with Gasteiger partial charge in [0.1, 0.15) is 5.60 Å². The summed E-state index contributed by atoms with van der Waals surface area (Å²) in [5, 5.41) is 0. The van der Waals surface area contributed by atoms with E-state index in [0.717, 1.165) is 25.7 Å². The minimum atomic E-state index is -0.522. The first-order valence-corrected chi connectivity index (χ1v) is 4.38. The van der Waals surface area contributed by atoms with Crippen molar-refractivity contribution in [1.29, 1.82) is 0 Å². The number of ether oxygens (including phenoxy) is 1. The molecule has 12 heavy (non-hydrogen) atoms. The zero-order valence-corrected chi connectivity index (χ0v) is 7.85. The van der Waals surface area contributed by atoms with Gasteiger partial charge < -0.3 is 4.74 Å². The third-order valence-electron chi connectivity index (χ3n) is 2.60. The predicted molar refractivity (Wildman–Crippen MR) is 48.0 cm³/mol. The summed E-state index contributed by atoms with van der Waals surface area (Å²) < 4.78 is 5.31. The van der Waals surface area contributed by atoms with Crippen molar-refractivity contribution in [2.45, 2.75) is 38.2 Å². The highest BCUT2D eigenvalue weighted by Gasteiger charge is 2.40. The van der Waals surface area contributed by atoms with E-state index in [1.54, 1.807) is 14.0 Å². The maximum absolute atomic E-state index is 11.7. The van der Waals surface area contributed by atoms with Crippen LogP contribution in [0.15, 0.2) is 12.2 Å². The smallest absolute Gasteiger partial charge is 0.189 e. The van der Waals surface area contributed by atoms with Crippen molar-refractivity contribution >= 4 is 5.78 Å². The molecule has 0 saturated heterocycles. The van der Waals surface area contributed by atoms with Gasteiger partial charge in [0.25, 0.3) is 0 Å². The highest BCUT2D eigenvalue weighted by atomic mass is 16.5. The van der Waals surface area contributed by atoms with E-state index in [1.807, 2.05) is 0 Å². The van der Waals surface area contributed by atoms with E-state index in [1.165, 1.54) is 0 Å². The number of hydrogen-bond donors (Lipinski definition) is 0. The molecule has 0 amide bonds. The Kier molecular flexibility index (Phi) is 2.68. The van der Waals surface area contributed by atoms with Crippen molar-refractivity contribution in [1.82, 2.24) is 0 Å². The molecule has 0 unspecified atom stereocenters. The molecule has 0 aromatic carbocycles. The van der Waals surface area contributed by atoms with Gasteiger partial charge in [-0.05, 0) is 38.2 Å². The van der Waals surface area contributed by atoms with Gasteiger partial charge in [-0.15, -0.1) is 0 Å². The van der Waals surface area contributed by atoms with Gasteiger partial charge in [-0.2, -0.15) is 0 Å². The van der Waals surface area contributed by atoms with E-state index in [9.17, 15) is 4.79 Å². The summed E-state index contributed by atoms with van der Waals surface area (Å²) in [5.41, 5.74) is 0.0880. The lowest BCUT2D eigenvalue weighted by atomic mass is 9.92. The lowest BCUT2D eigenvalue weighted by Crippen LogP contribution is -2.38. The molecule has 0 aromatic rings. The maximum atomic E-state index is 11.7. The summed E-state index contributed by atoms with van der Waals surface area (Å²) >= 11 is 0. The lowest BCUT2D eigenvalue weighted by Gasteiger charge is -2.25. The fraction of sp³-hybridized carbons (Fsp3) is 0.700. The first kappa shape index (κ1) is 9.46. The molecule has 0 spiro atoms. The molecular formula is C10H16O2. The Morgan fingerprint density at radius 1 is 1.42 bits per heavy atom. The van der Waals surface area contributed by atoms with Crippen molar-refractivity contribution in [3.8, 4) is 0 Å². The van der Waals surface area contributed by atoms with E-state index in [4.69, 9.17) is 4.74 Å². The fourth-order valence-electron chi connectivity index (χ4n) is 1.86. The number of carbonyl (C=O) groups is 1. The van der Waals surface area contributed by atoms with Gasteiger partial charge in [-0.25, -0.2) is 0 Å². The van der Waals surface area contributed by atoms with Gasteiger partial charge in [-0.1, -0.05) is 6.58 Å². The Balaban J connectivity index is 2.79.